The van der Waals surface area contributed by atoms with Crippen molar-refractivity contribution < 1.29 is 0 Å². The molecule has 0 aliphatic heterocycles. The summed E-state index contributed by atoms with van der Waals surface area (Å²) in [5.41, 5.74) is 1.61. The van der Waals surface area contributed by atoms with Gasteiger partial charge in [0, 0.05) is 16.1 Å². The van der Waals surface area contributed by atoms with E-state index in [4.69, 9.17) is 23.2 Å². The van der Waals surface area contributed by atoms with Crippen LogP contribution in [-0.2, 0) is 6.42 Å². The number of hydrogen-bond donors (Lipinski definition) is 1. The van der Waals surface area contributed by atoms with E-state index in [9.17, 15) is 0 Å². The fourth-order valence-electron chi connectivity index (χ4n) is 2.58. The number of halogens is 2. The van der Waals surface area contributed by atoms with E-state index in [0.717, 1.165) is 27.9 Å². The van der Waals surface area contributed by atoms with Gasteiger partial charge in [0.1, 0.15) is 0 Å². The average Bonchev–Trinajstić information content (AvgIpc) is 2.89. The lowest BCUT2D eigenvalue weighted by Gasteiger charge is -2.19. The molecule has 3 heteroatoms. The second-order valence-corrected chi connectivity index (χ2v) is 6.48. The molecule has 0 amide bonds. The van der Waals surface area contributed by atoms with E-state index in [2.05, 4.69) is 19.2 Å². The van der Waals surface area contributed by atoms with Crippen LogP contribution < -0.4 is 5.32 Å². The Hall–Kier alpha value is -0.240. The van der Waals surface area contributed by atoms with Gasteiger partial charge in [0.05, 0.1) is 0 Å². The smallest absolute Gasteiger partial charge is 0.0439 e. The van der Waals surface area contributed by atoms with Crippen LogP contribution in [0, 0.1) is 11.3 Å². The van der Waals surface area contributed by atoms with E-state index in [1.807, 2.05) is 25.2 Å². The molecule has 0 aromatic heterocycles. The maximum Gasteiger partial charge on any atom is 0.0439 e. The van der Waals surface area contributed by atoms with Crippen molar-refractivity contribution in [2.24, 2.45) is 11.3 Å². The summed E-state index contributed by atoms with van der Waals surface area (Å²) < 4.78 is 0. The van der Waals surface area contributed by atoms with Crippen molar-refractivity contribution in [2.45, 2.75) is 32.7 Å². The van der Waals surface area contributed by atoms with Crippen molar-refractivity contribution in [1.82, 2.24) is 5.32 Å². The third-order valence-corrected chi connectivity index (χ3v) is 4.50. The van der Waals surface area contributed by atoms with Crippen LogP contribution >= 0.6 is 23.2 Å². The van der Waals surface area contributed by atoms with Crippen LogP contribution in [0.1, 0.15) is 25.8 Å². The van der Waals surface area contributed by atoms with Gasteiger partial charge in [0.15, 0.2) is 0 Å². The van der Waals surface area contributed by atoms with E-state index in [-0.39, 0.29) is 0 Å². The van der Waals surface area contributed by atoms with Crippen LogP contribution in [0.2, 0.25) is 10.0 Å². The second-order valence-electron chi connectivity index (χ2n) is 5.63. The average molecular weight is 272 g/mol. The molecule has 1 aromatic rings. The molecule has 1 aromatic carbocycles. The minimum atomic E-state index is 0.471. The molecule has 17 heavy (non-hydrogen) atoms. The lowest BCUT2D eigenvalue weighted by atomic mass is 9.97. The molecule has 0 heterocycles. The predicted molar refractivity (Wildman–Crippen MR) is 74.9 cm³/mol. The Bertz CT molecular complexity index is 415. The molecule has 0 saturated heterocycles. The van der Waals surface area contributed by atoms with Gasteiger partial charge >= 0.3 is 0 Å². The van der Waals surface area contributed by atoms with Crippen molar-refractivity contribution in [1.29, 1.82) is 0 Å². The number of nitrogens with one attached hydrogen (secondary N) is 1. The van der Waals surface area contributed by atoms with Gasteiger partial charge < -0.3 is 5.32 Å². The Morgan fingerprint density at radius 1 is 1.41 bits per heavy atom. The molecular weight excluding hydrogens is 253 g/mol. The fourth-order valence-corrected chi connectivity index (χ4v) is 2.97. The summed E-state index contributed by atoms with van der Waals surface area (Å²) in [6.45, 7) is 4.64. The summed E-state index contributed by atoms with van der Waals surface area (Å²) in [6, 6.07) is 6.18. The van der Waals surface area contributed by atoms with Crippen molar-refractivity contribution in [2.75, 3.05) is 7.05 Å². The largest absolute Gasteiger partial charge is 0.316 e. The Balaban J connectivity index is 2.11. The summed E-state index contributed by atoms with van der Waals surface area (Å²) >= 11 is 12.2. The van der Waals surface area contributed by atoms with Crippen molar-refractivity contribution in [3.8, 4) is 0 Å². The first-order valence-corrected chi connectivity index (χ1v) is 6.81. The lowest BCUT2D eigenvalue weighted by molar-refractivity contribution is 0.426. The highest BCUT2D eigenvalue weighted by Crippen LogP contribution is 2.54. The Morgan fingerprint density at radius 2 is 2.06 bits per heavy atom. The molecule has 0 spiro atoms. The van der Waals surface area contributed by atoms with Gasteiger partial charge in [-0.25, -0.2) is 0 Å². The van der Waals surface area contributed by atoms with Gasteiger partial charge in [-0.05, 0) is 55.0 Å². The highest BCUT2D eigenvalue weighted by Gasteiger charge is 2.49. The van der Waals surface area contributed by atoms with Crippen molar-refractivity contribution in [3.05, 3.63) is 33.8 Å². The monoisotopic (exact) mass is 271 g/mol. The molecule has 1 aliphatic rings. The Morgan fingerprint density at radius 3 is 2.59 bits per heavy atom. The molecule has 1 N–H and O–H groups in total. The number of benzene rings is 1. The Kier molecular flexibility index (Phi) is 3.72. The summed E-state index contributed by atoms with van der Waals surface area (Å²) in [6.07, 6.45) is 2.24. The minimum absolute atomic E-state index is 0.471. The van der Waals surface area contributed by atoms with Crippen LogP contribution in [0.25, 0.3) is 0 Å². The van der Waals surface area contributed by atoms with Gasteiger partial charge in [-0.3, -0.25) is 0 Å². The summed E-state index contributed by atoms with van der Waals surface area (Å²) in [4.78, 5) is 0. The SMILES string of the molecule is CNC(Cc1cc(Cl)ccc1Cl)C1CC1(C)C. The first-order chi connectivity index (χ1) is 7.94. The molecule has 0 bridgehead atoms. The van der Waals surface area contributed by atoms with E-state index >= 15 is 0 Å². The normalized spacial score (nSPS) is 23.5. The van der Waals surface area contributed by atoms with Crippen LogP contribution in [0.3, 0.4) is 0 Å². The number of rotatable bonds is 4. The van der Waals surface area contributed by atoms with Crippen molar-refractivity contribution in [3.63, 3.8) is 0 Å². The Labute approximate surface area is 114 Å². The second kappa shape index (κ2) is 4.79. The third kappa shape index (κ3) is 2.96. The molecule has 0 radical (unpaired) electrons. The van der Waals surface area contributed by atoms with Gasteiger partial charge in [0.2, 0.25) is 0 Å². The maximum atomic E-state index is 6.21. The lowest BCUT2D eigenvalue weighted by Crippen LogP contribution is -2.31. The van der Waals surface area contributed by atoms with Crippen molar-refractivity contribution >= 4 is 23.2 Å². The number of likely N-dealkylation sites (N-methyl/N-ethyl adjacent to an activating group) is 1. The zero-order valence-electron chi connectivity index (χ0n) is 10.6. The molecule has 94 valence electrons. The number of hydrogen-bond acceptors (Lipinski definition) is 1. The zero-order valence-corrected chi connectivity index (χ0v) is 12.1. The molecule has 2 unspecified atom stereocenters. The zero-order chi connectivity index (χ0) is 12.6. The maximum absolute atomic E-state index is 6.21. The third-order valence-electron chi connectivity index (χ3n) is 3.89. The topological polar surface area (TPSA) is 12.0 Å². The van der Waals surface area contributed by atoms with Gasteiger partial charge in [-0.15, -0.1) is 0 Å². The molecule has 1 saturated carbocycles. The van der Waals surface area contributed by atoms with Crippen LogP contribution in [0.15, 0.2) is 18.2 Å². The minimum Gasteiger partial charge on any atom is -0.316 e. The first kappa shape index (κ1) is 13.2. The molecule has 1 aliphatic carbocycles. The van der Waals surface area contributed by atoms with E-state index in [0.29, 0.717) is 11.5 Å². The fraction of sp³-hybridized carbons (Fsp3) is 0.571. The highest BCUT2D eigenvalue weighted by atomic mass is 35.5. The van der Waals surface area contributed by atoms with E-state index < -0.39 is 0 Å². The highest BCUT2D eigenvalue weighted by molar-refractivity contribution is 6.33. The van der Waals surface area contributed by atoms with Crippen LogP contribution in [-0.4, -0.2) is 13.1 Å². The van der Waals surface area contributed by atoms with Crippen LogP contribution in [0.5, 0.6) is 0 Å². The standard InChI is InChI=1S/C14H19Cl2N/c1-14(2)8-11(14)13(17-3)7-9-6-10(15)4-5-12(9)16/h4-6,11,13,17H,7-8H2,1-3H3. The molecule has 1 fully saturated rings. The van der Waals surface area contributed by atoms with Gasteiger partial charge in [0.25, 0.3) is 0 Å². The predicted octanol–water partition coefficient (Wildman–Crippen LogP) is 4.17. The summed E-state index contributed by atoms with van der Waals surface area (Å²) in [5, 5.41) is 4.98. The summed E-state index contributed by atoms with van der Waals surface area (Å²) in [7, 11) is 2.03. The van der Waals surface area contributed by atoms with E-state index in [1.54, 1.807) is 0 Å². The molecule has 2 rings (SSSR count). The quantitative estimate of drug-likeness (QED) is 0.867. The van der Waals surface area contributed by atoms with Gasteiger partial charge in [-0.1, -0.05) is 37.0 Å². The van der Waals surface area contributed by atoms with E-state index in [1.165, 1.54) is 6.42 Å². The molecule has 1 nitrogen and oxygen atoms in total. The van der Waals surface area contributed by atoms with Gasteiger partial charge in [-0.2, -0.15) is 0 Å². The first-order valence-electron chi connectivity index (χ1n) is 6.05. The molecule has 2 atom stereocenters. The summed E-state index contributed by atoms with van der Waals surface area (Å²) in [5.74, 6) is 0.738. The molecular formula is C14H19Cl2N. The van der Waals surface area contributed by atoms with Crippen LogP contribution in [0.4, 0.5) is 0 Å².